The first-order valence-electron chi connectivity index (χ1n) is 10.2. The van der Waals surface area contributed by atoms with Crippen LogP contribution in [0.15, 0.2) is 54.6 Å². The third-order valence-electron chi connectivity index (χ3n) is 5.39. The Balaban J connectivity index is 1.58. The van der Waals surface area contributed by atoms with Crippen molar-refractivity contribution >= 4 is 39.3 Å². The minimum atomic E-state index is -3.63. The Morgan fingerprint density at radius 3 is 2.39 bits per heavy atom. The first-order chi connectivity index (χ1) is 14.8. The van der Waals surface area contributed by atoms with Crippen LogP contribution in [0.3, 0.4) is 0 Å². The summed E-state index contributed by atoms with van der Waals surface area (Å²) in [6, 6.07) is 15.2. The van der Waals surface area contributed by atoms with Crippen LogP contribution in [0.2, 0.25) is 5.02 Å². The van der Waals surface area contributed by atoms with Gasteiger partial charge in [-0.3, -0.25) is 14.0 Å². The van der Waals surface area contributed by atoms with Gasteiger partial charge in [-0.15, -0.1) is 0 Å². The number of carbonyl (C=O) groups is 1. The van der Waals surface area contributed by atoms with Gasteiger partial charge < -0.3 is 4.90 Å². The zero-order chi connectivity index (χ0) is 22.4. The summed E-state index contributed by atoms with van der Waals surface area (Å²) in [5.74, 6) is -0.204. The van der Waals surface area contributed by atoms with Crippen molar-refractivity contribution in [3.05, 3.63) is 70.8 Å². The van der Waals surface area contributed by atoms with Gasteiger partial charge in [0.1, 0.15) is 6.54 Å². The molecule has 0 unspecified atom stereocenters. The first kappa shape index (κ1) is 23.3. The van der Waals surface area contributed by atoms with Crippen molar-refractivity contribution in [1.29, 1.82) is 0 Å². The van der Waals surface area contributed by atoms with Crippen molar-refractivity contribution in [2.75, 3.05) is 49.8 Å². The van der Waals surface area contributed by atoms with E-state index in [2.05, 4.69) is 29.2 Å². The summed E-state index contributed by atoms with van der Waals surface area (Å²) >= 11 is 6.16. The van der Waals surface area contributed by atoms with E-state index in [1.165, 1.54) is 0 Å². The molecule has 1 fully saturated rings. The summed E-state index contributed by atoms with van der Waals surface area (Å²) in [6.07, 6.45) is 5.33. The molecular weight excluding hydrogens is 434 g/mol. The number of nitrogens with zero attached hydrogens (tertiary/aromatic N) is 3. The maximum absolute atomic E-state index is 12.9. The molecule has 1 heterocycles. The number of rotatable bonds is 7. The molecular formula is C23H28ClN3O3S. The Labute approximate surface area is 189 Å². The molecule has 0 saturated carbocycles. The van der Waals surface area contributed by atoms with Crippen LogP contribution in [0.5, 0.6) is 0 Å². The molecule has 2 aromatic carbocycles. The number of anilines is 1. The van der Waals surface area contributed by atoms with Gasteiger partial charge in [0.25, 0.3) is 0 Å². The van der Waals surface area contributed by atoms with E-state index in [0.717, 1.165) is 35.8 Å². The predicted molar refractivity (Wildman–Crippen MR) is 127 cm³/mol. The van der Waals surface area contributed by atoms with Gasteiger partial charge in [0.05, 0.1) is 11.9 Å². The minimum Gasteiger partial charge on any atom is -0.339 e. The topological polar surface area (TPSA) is 60.9 Å². The Morgan fingerprint density at radius 1 is 1.06 bits per heavy atom. The molecule has 2 aromatic rings. The highest BCUT2D eigenvalue weighted by Crippen LogP contribution is 2.28. The highest BCUT2D eigenvalue weighted by molar-refractivity contribution is 7.92. The quantitative estimate of drug-likeness (QED) is 0.635. The van der Waals surface area contributed by atoms with E-state index in [1.807, 2.05) is 18.2 Å². The fraction of sp³-hybridized carbons (Fsp3) is 0.348. The molecule has 0 bridgehead atoms. The van der Waals surface area contributed by atoms with Crippen LogP contribution in [0.4, 0.5) is 5.69 Å². The Hall–Kier alpha value is -2.35. The molecule has 6 nitrogen and oxygen atoms in total. The standard InChI is InChI=1S/C23H28ClN3O3S/c1-19-21(24)11-6-12-22(19)27(31(2,29)30)18-23(28)26-16-14-25(15-17-26)13-7-10-20-8-4-3-5-9-20/h3-12H,13-18H2,1-2H3/b10-7+. The smallest absolute Gasteiger partial charge is 0.243 e. The lowest BCUT2D eigenvalue weighted by molar-refractivity contribution is -0.131. The molecule has 0 atom stereocenters. The maximum Gasteiger partial charge on any atom is 0.243 e. The van der Waals surface area contributed by atoms with Crippen molar-refractivity contribution in [3.63, 3.8) is 0 Å². The molecule has 1 saturated heterocycles. The van der Waals surface area contributed by atoms with E-state index >= 15 is 0 Å². The van der Waals surface area contributed by atoms with E-state index in [1.54, 1.807) is 30.0 Å². The number of amides is 1. The van der Waals surface area contributed by atoms with Gasteiger partial charge in [0.15, 0.2) is 0 Å². The van der Waals surface area contributed by atoms with Crippen molar-refractivity contribution in [2.45, 2.75) is 6.92 Å². The fourth-order valence-corrected chi connectivity index (χ4v) is 4.62. The molecule has 3 rings (SSSR count). The zero-order valence-corrected chi connectivity index (χ0v) is 19.4. The Kier molecular flexibility index (Phi) is 7.75. The number of hydrogen-bond donors (Lipinski definition) is 0. The average Bonchev–Trinajstić information content (AvgIpc) is 2.74. The normalized spacial score (nSPS) is 15.4. The number of carbonyl (C=O) groups excluding carboxylic acids is 1. The molecule has 31 heavy (non-hydrogen) atoms. The van der Waals surface area contributed by atoms with Crippen LogP contribution in [0, 0.1) is 6.92 Å². The van der Waals surface area contributed by atoms with Gasteiger partial charge in [-0.2, -0.15) is 0 Å². The van der Waals surface area contributed by atoms with Crippen molar-refractivity contribution in [1.82, 2.24) is 9.80 Å². The average molecular weight is 462 g/mol. The van der Waals surface area contributed by atoms with E-state index < -0.39 is 10.0 Å². The monoisotopic (exact) mass is 461 g/mol. The zero-order valence-electron chi connectivity index (χ0n) is 17.9. The third-order valence-corrected chi connectivity index (χ3v) is 6.92. The summed E-state index contributed by atoms with van der Waals surface area (Å²) < 4.78 is 25.9. The second-order valence-electron chi connectivity index (χ2n) is 7.65. The summed E-state index contributed by atoms with van der Waals surface area (Å²) in [5.41, 5.74) is 2.24. The molecule has 0 radical (unpaired) electrons. The lowest BCUT2D eigenvalue weighted by atomic mass is 10.2. The van der Waals surface area contributed by atoms with Crippen LogP contribution in [0.25, 0.3) is 6.08 Å². The lowest BCUT2D eigenvalue weighted by Gasteiger charge is -2.35. The summed E-state index contributed by atoms with van der Waals surface area (Å²) in [4.78, 5) is 16.9. The van der Waals surface area contributed by atoms with Crippen molar-refractivity contribution in [3.8, 4) is 0 Å². The van der Waals surface area contributed by atoms with Gasteiger partial charge in [0.2, 0.25) is 15.9 Å². The lowest BCUT2D eigenvalue weighted by Crippen LogP contribution is -2.51. The molecule has 0 N–H and O–H groups in total. The van der Waals surface area contributed by atoms with E-state index in [-0.39, 0.29) is 12.5 Å². The molecule has 1 amide bonds. The van der Waals surface area contributed by atoms with Gasteiger partial charge in [-0.1, -0.05) is 60.2 Å². The SMILES string of the molecule is Cc1c(Cl)cccc1N(CC(=O)N1CCN(C/C=C/c2ccccc2)CC1)S(C)(=O)=O. The second kappa shape index (κ2) is 10.3. The van der Waals surface area contributed by atoms with Gasteiger partial charge in [0, 0.05) is 37.7 Å². The van der Waals surface area contributed by atoms with Gasteiger partial charge >= 0.3 is 0 Å². The summed E-state index contributed by atoms with van der Waals surface area (Å²) in [6.45, 7) is 4.98. The van der Waals surface area contributed by atoms with Crippen molar-refractivity contribution < 1.29 is 13.2 Å². The minimum absolute atomic E-state index is 0.204. The molecule has 166 valence electrons. The Morgan fingerprint density at radius 2 is 1.74 bits per heavy atom. The molecule has 8 heteroatoms. The number of hydrogen-bond acceptors (Lipinski definition) is 4. The fourth-order valence-electron chi connectivity index (χ4n) is 3.55. The first-order valence-corrected chi connectivity index (χ1v) is 12.4. The van der Waals surface area contributed by atoms with E-state index in [0.29, 0.717) is 29.4 Å². The van der Waals surface area contributed by atoms with Gasteiger partial charge in [-0.05, 0) is 30.2 Å². The van der Waals surface area contributed by atoms with Gasteiger partial charge in [-0.25, -0.2) is 8.42 Å². The van der Waals surface area contributed by atoms with Crippen molar-refractivity contribution in [2.24, 2.45) is 0 Å². The maximum atomic E-state index is 12.9. The van der Waals surface area contributed by atoms with Crippen LogP contribution < -0.4 is 4.31 Å². The second-order valence-corrected chi connectivity index (χ2v) is 9.96. The Bertz CT molecular complexity index is 1030. The largest absolute Gasteiger partial charge is 0.339 e. The number of sulfonamides is 1. The molecule has 0 aliphatic carbocycles. The predicted octanol–water partition coefficient (Wildman–Crippen LogP) is 3.27. The number of halogens is 1. The molecule has 0 spiro atoms. The molecule has 1 aliphatic rings. The van der Waals surface area contributed by atoms with E-state index in [9.17, 15) is 13.2 Å². The third kappa shape index (κ3) is 6.32. The van der Waals surface area contributed by atoms with Crippen LogP contribution in [0.1, 0.15) is 11.1 Å². The van der Waals surface area contributed by atoms with Crippen LogP contribution in [-0.4, -0.2) is 69.6 Å². The summed E-state index contributed by atoms with van der Waals surface area (Å²) in [7, 11) is -3.63. The summed E-state index contributed by atoms with van der Waals surface area (Å²) in [5, 5.41) is 0.468. The van der Waals surface area contributed by atoms with E-state index in [4.69, 9.17) is 11.6 Å². The number of benzene rings is 2. The molecule has 0 aromatic heterocycles. The van der Waals surface area contributed by atoms with Crippen LogP contribution >= 0.6 is 11.6 Å². The highest BCUT2D eigenvalue weighted by atomic mass is 35.5. The number of piperazine rings is 1. The highest BCUT2D eigenvalue weighted by Gasteiger charge is 2.27. The van der Waals surface area contributed by atoms with Crippen LogP contribution in [-0.2, 0) is 14.8 Å². The molecule has 1 aliphatic heterocycles.